The Hall–Kier alpha value is -3.68. The van der Waals surface area contributed by atoms with Crippen LogP contribution in [0.3, 0.4) is 0 Å². The van der Waals surface area contributed by atoms with Gasteiger partial charge in [0.05, 0.1) is 21.4 Å². The van der Waals surface area contributed by atoms with Gasteiger partial charge < -0.3 is 10.3 Å². The lowest BCUT2D eigenvalue weighted by Gasteiger charge is -2.15. The number of primary amides is 1. The van der Waals surface area contributed by atoms with Crippen LogP contribution >= 0.6 is 23.2 Å². The highest BCUT2D eigenvalue weighted by Crippen LogP contribution is 2.37. The summed E-state index contributed by atoms with van der Waals surface area (Å²) in [6.07, 6.45) is 1.92. The van der Waals surface area contributed by atoms with Crippen LogP contribution in [0.15, 0.2) is 66.9 Å². The highest BCUT2D eigenvalue weighted by Gasteiger charge is 2.27. The Morgan fingerprint density at radius 3 is 2.47 bits per heavy atom. The third-order valence-corrected chi connectivity index (χ3v) is 6.20. The molecule has 2 N–H and O–H groups in total. The molecule has 3 aromatic carbocycles. The number of nitrogens with zero attached hydrogens (tertiary/aromatic N) is 3. The van der Waals surface area contributed by atoms with E-state index in [9.17, 15) is 9.18 Å². The second-order valence-corrected chi connectivity index (χ2v) is 8.55. The highest BCUT2D eigenvalue weighted by molar-refractivity contribution is 6.31. The second-order valence-electron chi connectivity index (χ2n) is 7.73. The fourth-order valence-corrected chi connectivity index (χ4v) is 4.35. The maximum atomic E-state index is 15.3. The molecule has 0 radical (unpaired) electrons. The molecule has 0 saturated carbocycles. The number of carbonyl (C=O) groups excluding carboxylic acids is 1. The summed E-state index contributed by atoms with van der Waals surface area (Å²) in [4.78, 5) is 17.0. The van der Waals surface area contributed by atoms with E-state index in [2.05, 4.69) is 4.98 Å². The molecule has 0 unspecified atom stereocenters. The fourth-order valence-electron chi connectivity index (χ4n) is 4.00. The molecule has 9 heteroatoms. The summed E-state index contributed by atoms with van der Waals surface area (Å²) in [7, 11) is 1.90. The molecule has 0 fully saturated rings. The van der Waals surface area contributed by atoms with Crippen LogP contribution in [0.2, 0.25) is 10.0 Å². The number of hydrogen-bond donors (Lipinski definition) is 1. The Bertz CT molecular complexity index is 1610. The number of amides is 1. The van der Waals surface area contributed by atoms with E-state index in [0.29, 0.717) is 11.1 Å². The molecule has 0 aliphatic rings. The Balaban J connectivity index is 1.91. The molecular formula is C25H16Cl2F2N4O. The molecular weight excluding hydrogens is 481 g/mol. The van der Waals surface area contributed by atoms with Crippen LogP contribution in [0.1, 0.15) is 10.5 Å². The van der Waals surface area contributed by atoms with E-state index in [4.69, 9.17) is 28.9 Å². The number of fused-ring (bicyclic) bond motifs is 1. The fraction of sp³-hybridized carbons (Fsp3) is 0.0400. The molecule has 5 nitrogen and oxygen atoms in total. The number of nitrogens with two attached hydrogens (primary N) is 1. The molecule has 0 spiro atoms. The van der Waals surface area contributed by atoms with Gasteiger partial charge >= 0.3 is 0 Å². The third-order valence-electron chi connectivity index (χ3n) is 5.62. The summed E-state index contributed by atoms with van der Waals surface area (Å²) < 4.78 is 32.6. The minimum Gasteiger partial charge on any atom is -0.364 e. The molecule has 2 aromatic heterocycles. The molecule has 5 rings (SSSR count). The summed E-state index contributed by atoms with van der Waals surface area (Å²) in [5.74, 6) is -1.93. The minimum absolute atomic E-state index is 0.0462. The predicted molar refractivity (Wildman–Crippen MR) is 129 cm³/mol. The van der Waals surface area contributed by atoms with Crippen LogP contribution in [-0.4, -0.2) is 20.0 Å². The predicted octanol–water partition coefficient (Wildman–Crippen LogP) is 6.38. The van der Waals surface area contributed by atoms with Gasteiger partial charge in [-0.25, -0.2) is 13.8 Å². The Labute approximate surface area is 203 Å². The number of aryl methyl sites for hydroxylation is 1. The molecule has 0 saturated heterocycles. The second kappa shape index (κ2) is 8.27. The average molecular weight is 497 g/mol. The largest absolute Gasteiger partial charge is 0.364 e. The number of halogens is 4. The lowest BCUT2D eigenvalue weighted by molar-refractivity contribution is 0.0996. The summed E-state index contributed by atoms with van der Waals surface area (Å²) in [6.45, 7) is 0. The summed E-state index contributed by atoms with van der Waals surface area (Å²) in [6, 6.07) is 16.0. The van der Waals surface area contributed by atoms with Gasteiger partial charge in [0.25, 0.3) is 5.91 Å². The van der Waals surface area contributed by atoms with Gasteiger partial charge in [-0.3, -0.25) is 9.36 Å². The van der Waals surface area contributed by atoms with Crippen LogP contribution < -0.4 is 5.73 Å². The van der Waals surface area contributed by atoms with Gasteiger partial charge in [0.2, 0.25) is 0 Å². The van der Waals surface area contributed by atoms with Crippen molar-refractivity contribution in [3.63, 3.8) is 0 Å². The molecule has 0 aliphatic heterocycles. The first-order chi connectivity index (χ1) is 16.3. The van der Waals surface area contributed by atoms with Crippen molar-refractivity contribution in [2.24, 2.45) is 12.8 Å². The van der Waals surface area contributed by atoms with Crippen molar-refractivity contribution < 1.29 is 13.6 Å². The summed E-state index contributed by atoms with van der Waals surface area (Å²) >= 11 is 12.1. The molecule has 1 amide bonds. The van der Waals surface area contributed by atoms with Gasteiger partial charge in [0.1, 0.15) is 11.6 Å². The lowest BCUT2D eigenvalue weighted by atomic mass is 10.1. The van der Waals surface area contributed by atoms with E-state index in [-0.39, 0.29) is 32.9 Å². The van der Waals surface area contributed by atoms with Crippen molar-refractivity contribution in [3.8, 4) is 28.3 Å². The van der Waals surface area contributed by atoms with Crippen molar-refractivity contribution in [3.05, 3.63) is 94.2 Å². The van der Waals surface area contributed by atoms with Crippen molar-refractivity contribution in [2.45, 2.75) is 0 Å². The standard InChI is InChI=1S/C25H16Cl2F2N4O/c1-32-10-9-13-5-6-15(12-20(13)32)25-31-22(24(30)34)23(14-7-8-18(28)17(27)11-14)33(25)19-4-2-3-16(26)21(19)29/h2-12H,1H3,(H2,30,34). The number of aromatic nitrogens is 3. The van der Waals surface area contributed by atoms with Gasteiger partial charge in [-0.2, -0.15) is 0 Å². The van der Waals surface area contributed by atoms with Crippen molar-refractivity contribution >= 4 is 40.0 Å². The van der Waals surface area contributed by atoms with Crippen molar-refractivity contribution in [1.29, 1.82) is 0 Å². The Morgan fingerprint density at radius 1 is 0.971 bits per heavy atom. The SMILES string of the molecule is Cn1ccc2ccc(-c3nc(C(N)=O)c(-c4ccc(F)c(Cl)c4)n3-c3cccc(Cl)c3F)cc21. The normalized spacial score (nSPS) is 11.3. The van der Waals surface area contributed by atoms with E-state index < -0.39 is 17.5 Å². The van der Waals surface area contributed by atoms with Crippen molar-refractivity contribution in [1.82, 2.24) is 14.1 Å². The highest BCUT2D eigenvalue weighted by atomic mass is 35.5. The van der Waals surface area contributed by atoms with E-state index in [0.717, 1.165) is 17.0 Å². The summed E-state index contributed by atoms with van der Waals surface area (Å²) in [5.41, 5.74) is 7.61. The number of benzene rings is 3. The third kappa shape index (κ3) is 3.54. The van der Waals surface area contributed by atoms with E-state index in [1.807, 2.05) is 42.1 Å². The zero-order valence-corrected chi connectivity index (χ0v) is 19.2. The first-order valence-electron chi connectivity index (χ1n) is 10.1. The van der Waals surface area contributed by atoms with E-state index >= 15 is 4.39 Å². The Kier molecular flexibility index (Phi) is 5.38. The van der Waals surface area contributed by atoms with E-state index in [1.165, 1.54) is 28.8 Å². The van der Waals surface area contributed by atoms with Crippen LogP contribution in [0.5, 0.6) is 0 Å². The number of rotatable bonds is 4. The zero-order valence-electron chi connectivity index (χ0n) is 17.7. The van der Waals surface area contributed by atoms with Crippen LogP contribution in [0.4, 0.5) is 8.78 Å². The van der Waals surface area contributed by atoms with Crippen LogP contribution in [0.25, 0.3) is 39.2 Å². The quantitative estimate of drug-likeness (QED) is 0.313. The van der Waals surface area contributed by atoms with E-state index in [1.54, 1.807) is 6.07 Å². The molecule has 0 bridgehead atoms. The molecule has 0 aliphatic carbocycles. The molecule has 2 heterocycles. The van der Waals surface area contributed by atoms with Crippen LogP contribution in [-0.2, 0) is 7.05 Å². The molecule has 34 heavy (non-hydrogen) atoms. The zero-order chi connectivity index (χ0) is 24.1. The average Bonchev–Trinajstić information content (AvgIpc) is 3.38. The number of imidazole rings is 1. The lowest BCUT2D eigenvalue weighted by Crippen LogP contribution is -2.13. The number of carbonyl (C=O) groups is 1. The summed E-state index contributed by atoms with van der Waals surface area (Å²) in [5, 5.41) is 0.719. The molecule has 0 atom stereocenters. The Morgan fingerprint density at radius 2 is 1.74 bits per heavy atom. The van der Waals surface area contributed by atoms with Gasteiger partial charge in [0.15, 0.2) is 11.5 Å². The maximum absolute atomic E-state index is 15.3. The smallest absolute Gasteiger partial charge is 0.269 e. The monoisotopic (exact) mass is 496 g/mol. The topological polar surface area (TPSA) is 65.8 Å². The maximum Gasteiger partial charge on any atom is 0.269 e. The molecule has 170 valence electrons. The van der Waals surface area contributed by atoms with Gasteiger partial charge in [-0.15, -0.1) is 0 Å². The first kappa shape index (κ1) is 22.1. The van der Waals surface area contributed by atoms with Gasteiger partial charge in [0, 0.05) is 29.9 Å². The van der Waals surface area contributed by atoms with Gasteiger partial charge in [-0.1, -0.05) is 41.4 Å². The van der Waals surface area contributed by atoms with Crippen LogP contribution in [0, 0.1) is 11.6 Å². The van der Waals surface area contributed by atoms with Crippen molar-refractivity contribution in [2.75, 3.05) is 0 Å². The first-order valence-corrected chi connectivity index (χ1v) is 10.9. The minimum atomic E-state index is -0.835. The number of hydrogen-bond acceptors (Lipinski definition) is 2. The van der Waals surface area contributed by atoms with Gasteiger partial charge in [-0.05, 0) is 47.9 Å². The molecule has 5 aromatic rings.